The maximum Gasteiger partial charge on any atom is 0.191 e. The highest BCUT2D eigenvalue weighted by Crippen LogP contribution is 2.18. The molecular formula is C20H35FIN5S. The third kappa shape index (κ3) is 10.3. The number of rotatable bonds is 10. The maximum atomic E-state index is 12.9. The van der Waals surface area contributed by atoms with Crippen molar-refractivity contribution in [3.63, 3.8) is 0 Å². The van der Waals surface area contributed by atoms with Gasteiger partial charge < -0.3 is 15.5 Å². The summed E-state index contributed by atoms with van der Waals surface area (Å²) in [6.07, 6.45) is 0.998. The Hall–Kier alpha value is -0.580. The fraction of sp³-hybridized carbons (Fsp3) is 0.650. The Morgan fingerprint density at radius 3 is 2.39 bits per heavy atom. The van der Waals surface area contributed by atoms with Crippen molar-refractivity contribution in [1.82, 2.24) is 20.4 Å². The number of halogens is 2. The van der Waals surface area contributed by atoms with Gasteiger partial charge in [0, 0.05) is 57.3 Å². The van der Waals surface area contributed by atoms with Gasteiger partial charge in [0.15, 0.2) is 5.96 Å². The second kappa shape index (κ2) is 15.3. The van der Waals surface area contributed by atoms with Gasteiger partial charge in [-0.1, -0.05) is 6.92 Å². The third-order valence-corrected chi connectivity index (χ3v) is 5.73. The van der Waals surface area contributed by atoms with Crippen molar-refractivity contribution in [1.29, 1.82) is 0 Å². The first-order chi connectivity index (χ1) is 13.2. The lowest BCUT2D eigenvalue weighted by molar-refractivity contribution is 0.139. The van der Waals surface area contributed by atoms with E-state index >= 15 is 0 Å². The lowest BCUT2D eigenvalue weighted by Gasteiger charge is -2.34. The summed E-state index contributed by atoms with van der Waals surface area (Å²) in [5.74, 6) is 1.70. The standard InChI is InChI=1S/C20H34FN5S.HI/c1-3-22-20(24-11-12-26-15-13-25(4-2)14-16-26)23-10-5-17-27-19-8-6-18(21)7-9-19;/h6-9H,3-5,10-17H2,1-2H3,(H2,22,23,24);1H. The van der Waals surface area contributed by atoms with Gasteiger partial charge in [0.05, 0.1) is 0 Å². The molecule has 28 heavy (non-hydrogen) atoms. The van der Waals surface area contributed by atoms with Crippen LogP contribution in [0.25, 0.3) is 0 Å². The number of nitrogens with zero attached hydrogens (tertiary/aromatic N) is 3. The van der Waals surface area contributed by atoms with Gasteiger partial charge in [0.1, 0.15) is 5.82 Å². The topological polar surface area (TPSA) is 42.9 Å². The number of thioether (sulfide) groups is 1. The van der Waals surface area contributed by atoms with E-state index in [-0.39, 0.29) is 29.8 Å². The van der Waals surface area contributed by atoms with Crippen LogP contribution in [-0.4, -0.2) is 80.4 Å². The van der Waals surface area contributed by atoms with Gasteiger partial charge in [-0.05, 0) is 49.9 Å². The highest BCUT2D eigenvalue weighted by molar-refractivity contribution is 14.0. The number of likely N-dealkylation sites (N-methyl/N-ethyl adjacent to an activating group) is 1. The van der Waals surface area contributed by atoms with Crippen LogP contribution >= 0.6 is 35.7 Å². The van der Waals surface area contributed by atoms with Crippen molar-refractivity contribution >= 4 is 41.7 Å². The number of aliphatic imine (C=N–C) groups is 1. The Bertz CT molecular complexity index is 550. The number of hydrogen-bond acceptors (Lipinski definition) is 4. The summed E-state index contributed by atoms with van der Waals surface area (Å²) >= 11 is 1.75. The Labute approximate surface area is 190 Å². The van der Waals surface area contributed by atoms with Crippen molar-refractivity contribution in [3.8, 4) is 0 Å². The summed E-state index contributed by atoms with van der Waals surface area (Å²) in [5.41, 5.74) is 0. The Morgan fingerprint density at radius 1 is 1.07 bits per heavy atom. The quantitative estimate of drug-likeness (QED) is 0.162. The van der Waals surface area contributed by atoms with Crippen LogP contribution in [0.2, 0.25) is 0 Å². The van der Waals surface area contributed by atoms with Crippen molar-refractivity contribution in [2.45, 2.75) is 25.2 Å². The smallest absolute Gasteiger partial charge is 0.191 e. The van der Waals surface area contributed by atoms with Gasteiger partial charge in [-0.25, -0.2) is 4.39 Å². The second-order valence-electron chi connectivity index (χ2n) is 6.62. The molecule has 1 aliphatic heterocycles. The van der Waals surface area contributed by atoms with Crippen LogP contribution in [0.1, 0.15) is 20.3 Å². The van der Waals surface area contributed by atoms with Crippen molar-refractivity contribution in [2.75, 3.05) is 64.7 Å². The predicted molar refractivity (Wildman–Crippen MR) is 130 cm³/mol. The van der Waals surface area contributed by atoms with Crippen molar-refractivity contribution in [2.24, 2.45) is 4.99 Å². The van der Waals surface area contributed by atoms with Gasteiger partial charge in [-0.3, -0.25) is 9.89 Å². The molecule has 0 unspecified atom stereocenters. The van der Waals surface area contributed by atoms with Crippen LogP contribution in [0.5, 0.6) is 0 Å². The normalized spacial score (nSPS) is 15.9. The molecule has 1 aliphatic rings. The minimum Gasteiger partial charge on any atom is -0.357 e. The van der Waals surface area contributed by atoms with Crippen LogP contribution < -0.4 is 10.6 Å². The van der Waals surface area contributed by atoms with E-state index < -0.39 is 0 Å². The molecule has 0 atom stereocenters. The minimum absolute atomic E-state index is 0. The third-order valence-electron chi connectivity index (χ3n) is 4.63. The van der Waals surface area contributed by atoms with Crippen LogP contribution in [0.3, 0.4) is 0 Å². The molecule has 0 amide bonds. The van der Waals surface area contributed by atoms with Gasteiger partial charge in [0.2, 0.25) is 0 Å². The molecule has 1 saturated heterocycles. The van der Waals surface area contributed by atoms with E-state index in [4.69, 9.17) is 0 Å². The highest BCUT2D eigenvalue weighted by atomic mass is 127. The summed E-state index contributed by atoms with van der Waals surface area (Å²) in [7, 11) is 0. The summed E-state index contributed by atoms with van der Waals surface area (Å²) in [5, 5.41) is 6.76. The summed E-state index contributed by atoms with van der Waals surface area (Å²) in [6.45, 7) is 13.8. The first-order valence-corrected chi connectivity index (χ1v) is 11.0. The number of piperazine rings is 1. The van der Waals surface area contributed by atoms with Gasteiger partial charge in [-0.15, -0.1) is 35.7 Å². The fourth-order valence-corrected chi connectivity index (χ4v) is 3.82. The second-order valence-corrected chi connectivity index (χ2v) is 7.79. The zero-order chi connectivity index (χ0) is 19.3. The largest absolute Gasteiger partial charge is 0.357 e. The van der Waals surface area contributed by atoms with E-state index in [0.717, 1.165) is 68.8 Å². The number of nitrogens with one attached hydrogen (secondary N) is 2. The number of benzene rings is 1. The highest BCUT2D eigenvalue weighted by Gasteiger charge is 2.14. The van der Waals surface area contributed by atoms with Crippen molar-refractivity contribution in [3.05, 3.63) is 30.1 Å². The summed E-state index contributed by atoms with van der Waals surface area (Å²) < 4.78 is 12.9. The lowest BCUT2D eigenvalue weighted by Crippen LogP contribution is -2.49. The molecule has 8 heteroatoms. The van der Waals surface area contributed by atoms with Crippen LogP contribution in [0.15, 0.2) is 34.2 Å². The van der Waals surface area contributed by atoms with E-state index in [1.807, 2.05) is 12.1 Å². The maximum absolute atomic E-state index is 12.9. The Morgan fingerprint density at radius 2 is 1.75 bits per heavy atom. The summed E-state index contributed by atoms with van der Waals surface area (Å²) in [6, 6.07) is 6.68. The van der Waals surface area contributed by atoms with E-state index in [9.17, 15) is 4.39 Å². The van der Waals surface area contributed by atoms with Gasteiger partial charge in [0.25, 0.3) is 0 Å². The number of guanidine groups is 1. The van der Waals surface area contributed by atoms with Gasteiger partial charge in [-0.2, -0.15) is 0 Å². The first kappa shape index (κ1) is 25.5. The molecule has 1 heterocycles. The molecule has 1 aromatic carbocycles. The van der Waals surface area contributed by atoms with E-state index in [1.54, 1.807) is 11.8 Å². The fourth-order valence-electron chi connectivity index (χ4n) is 2.98. The molecular weight excluding hydrogens is 488 g/mol. The molecule has 1 fully saturated rings. The van der Waals surface area contributed by atoms with E-state index in [0.29, 0.717) is 0 Å². The molecule has 5 nitrogen and oxygen atoms in total. The zero-order valence-corrected chi connectivity index (χ0v) is 20.3. The number of hydrogen-bond donors (Lipinski definition) is 2. The molecule has 0 spiro atoms. The molecule has 160 valence electrons. The Kier molecular flexibility index (Phi) is 13.9. The molecule has 1 aromatic rings. The van der Waals surface area contributed by atoms with Crippen LogP contribution in [-0.2, 0) is 0 Å². The zero-order valence-electron chi connectivity index (χ0n) is 17.1. The average Bonchev–Trinajstić information content (AvgIpc) is 2.69. The summed E-state index contributed by atoms with van der Waals surface area (Å²) in [4.78, 5) is 10.8. The molecule has 0 aliphatic carbocycles. The van der Waals surface area contributed by atoms with Crippen LogP contribution in [0, 0.1) is 5.82 Å². The van der Waals surface area contributed by atoms with E-state index in [2.05, 4.69) is 39.3 Å². The Balaban J connectivity index is 0.00000392. The minimum atomic E-state index is -0.183. The molecule has 0 bridgehead atoms. The van der Waals surface area contributed by atoms with Gasteiger partial charge >= 0.3 is 0 Å². The molecule has 2 rings (SSSR count). The van der Waals surface area contributed by atoms with Crippen molar-refractivity contribution < 1.29 is 4.39 Å². The molecule has 2 N–H and O–H groups in total. The molecule has 0 radical (unpaired) electrons. The monoisotopic (exact) mass is 523 g/mol. The molecule has 0 saturated carbocycles. The lowest BCUT2D eigenvalue weighted by atomic mass is 10.3. The first-order valence-electron chi connectivity index (χ1n) is 10.1. The SMILES string of the molecule is CCNC(=NCCCSc1ccc(F)cc1)NCCN1CCN(CC)CC1.I. The molecule has 0 aromatic heterocycles. The van der Waals surface area contributed by atoms with Crippen LogP contribution in [0.4, 0.5) is 4.39 Å². The average molecular weight is 524 g/mol. The van der Waals surface area contributed by atoms with E-state index in [1.165, 1.54) is 25.2 Å². The predicted octanol–water partition coefficient (Wildman–Crippen LogP) is 3.12.